The molecule has 0 saturated heterocycles. The summed E-state index contributed by atoms with van der Waals surface area (Å²) in [6.07, 6.45) is 6.21. The first-order chi connectivity index (χ1) is 13.6. The van der Waals surface area contributed by atoms with Crippen LogP contribution in [-0.2, 0) is 28.8 Å². The average molecular weight is 378 g/mol. The summed E-state index contributed by atoms with van der Waals surface area (Å²) in [5.74, 6) is 0.878. The molecule has 0 aromatic heterocycles. The third-order valence-corrected chi connectivity index (χ3v) is 6.10. The van der Waals surface area contributed by atoms with Crippen LogP contribution in [0.1, 0.15) is 59.7 Å². The topological polar surface area (TPSA) is 52.6 Å². The summed E-state index contributed by atoms with van der Waals surface area (Å²) in [5, 5.41) is 0. The summed E-state index contributed by atoms with van der Waals surface area (Å²) < 4.78 is 11.4. The van der Waals surface area contributed by atoms with Crippen molar-refractivity contribution in [1.82, 2.24) is 0 Å². The number of carbonyl (C=O) groups excluding carboxylic acids is 2. The van der Waals surface area contributed by atoms with Gasteiger partial charge in [0, 0.05) is 12.0 Å². The van der Waals surface area contributed by atoms with Gasteiger partial charge in [-0.05, 0) is 80.3 Å². The average Bonchev–Trinajstić information content (AvgIpc) is 3.30. The molecule has 2 aliphatic carbocycles. The predicted octanol–water partition coefficient (Wildman–Crippen LogP) is 4.46. The lowest BCUT2D eigenvalue weighted by molar-refractivity contribution is -0.142. The number of fused-ring (bicyclic) bond motifs is 1. The first-order valence-electron chi connectivity index (χ1n) is 10.1. The number of rotatable bonds is 7. The van der Waals surface area contributed by atoms with E-state index in [1.54, 1.807) is 0 Å². The maximum absolute atomic E-state index is 12.7. The first kappa shape index (κ1) is 18.7. The van der Waals surface area contributed by atoms with Gasteiger partial charge in [-0.15, -0.1) is 0 Å². The molecule has 146 valence electrons. The van der Waals surface area contributed by atoms with E-state index < -0.39 is 5.60 Å². The molecule has 2 aliphatic rings. The molecule has 0 bridgehead atoms. The number of ether oxygens (including phenoxy) is 2. The number of carbonyl (C=O) groups is 2. The van der Waals surface area contributed by atoms with Crippen molar-refractivity contribution in [3.63, 3.8) is 0 Å². The van der Waals surface area contributed by atoms with Crippen molar-refractivity contribution in [2.75, 3.05) is 0 Å². The van der Waals surface area contributed by atoms with E-state index in [1.807, 2.05) is 37.3 Å². The van der Waals surface area contributed by atoms with Crippen molar-refractivity contribution in [2.24, 2.45) is 0 Å². The molecule has 28 heavy (non-hydrogen) atoms. The third kappa shape index (κ3) is 3.82. The number of benzene rings is 2. The van der Waals surface area contributed by atoms with Crippen molar-refractivity contribution >= 4 is 12.3 Å². The molecule has 4 heteroatoms. The van der Waals surface area contributed by atoms with Crippen LogP contribution in [0.5, 0.6) is 5.75 Å². The van der Waals surface area contributed by atoms with Crippen molar-refractivity contribution in [2.45, 2.75) is 63.6 Å². The fourth-order valence-corrected chi connectivity index (χ4v) is 4.48. The van der Waals surface area contributed by atoms with Crippen LogP contribution in [0.25, 0.3) is 0 Å². The molecule has 0 heterocycles. The van der Waals surface area contributed by atoms with Crippen LogP contribution in [0.4, 0.5) is 0 Å². The molecule has 4 nitrogen and oxygen atoms in total. The monoisotopic (exact) mass is 378 g/mol. The van der Waals surface area contributed by atoms with Gasteiger partial charge in [0.2, 0.25) is 0 Å². The Kier molecular flexibility index (Phi) is 5.21. The second-order valence-corrected chi connectivity index (χ2v) is 8.11. The van der Waals surface area contributed by atoms with Gasteiger partial charge < -0.3 is 9.47 Å². The van der Waals surface area contributed by atoms with Crippen LogP contribution < -0.4 is 4.74 Å². The quantitative estimate of drug-likeness (QED) is 0.527. The Morgan fingerprint density at radius 1 is 1.11 bits per heavy atom. The van der Waals surface area contributed by atoms with Crippen LogP contribution in [0.3, 0.4) is 0 Å². The van der Waals surface area contributed by atoms with Gasteiger partial charge >= 0.3 is 0 Å². The molecule has 1 fully saturated rings. The molecule has 2 aromatic rings. The lowest BCUT2D eigenvalue weighted by Gasteiger charge is -2.31. The molecule has 0 amide bonds. The van der Waals surface area contributed by atoms with E-state index in [0.29, 0.717) is 12.9 Å². The molecule has 2 unspecified atom stereocenters. The fraction of sp³-hybridized carbons (Fsp3) is 0.417. The molecule has 1 saturated carbocycles. The lowest BCUT2D eigenvalue weighted by atomic mass is 9.99. The Balaban J connectivity index is 1.40. The third-order valence-electron chi connectivity index (χ3n) is 6.10. The highest BCUT2D eigenvalue weighted by molar-refractivity contribution is 5.97. The summed E-state index contributed by atoms with van der Waals surface area (Å²) in [4.78, 5) is 23.4. The van der Waals surface area contributed by atoms with Crippen molar-refractivity contribution < 1.29 is 19.1 Å². The summed E-state index contributed by atoms with van der Waals surface area (Å²) in [6.45, 7) is 2.49. The van der Waals surface area contributed by atoms with Crippen LogP contribution in [0, 0.1) is 0 Å². The zero-order valence-corrected chi connectivity index (χ0v) is 16.3. The zero-order chi connectivity index (χ0) is 19.6. The van der Waals surface area contributed by atoms with Crippen LogP contribution >= 0.6 is 0 Å². The Labute approximate surface area is 165 Å². The molecule has 0 aliphatic heterocycles. The van der Waals surface area contributed by atoms with Gasteiger partial charge in [0.1, 0.15) is 17.5 Å². The summed E-state index contributed by atoms with van der Waals surface area (Å²) >= 11 is 0. The van der Waals surface area contributed by atoms with E-state index in [4.69, 9.17) is 9.47 Å². The van der Waals surface area contributed by atoms with Gasteiger partial charge in [0.05, 0.1) is 0 Å². The van der Waals surface area contributed by atoms with Gasteiger partial charge in [-0.2, -0.15) is 0 Å². The predicted molar refractivity (Wildman–Crippen MR) is 107 cm³/mol. The second kappa shape index (κ2) is 7.78. The molecular weight excluding hydrogens is 352 g/mol. The molecule has 2 atom stereocenters. The Morgan fingerprint density at radius 3 is 2.68 bits per heavy atom. The Hall–Kier alpha value is -2.62. The van der Waals surface area contributed by atoms with E-state index in [-0.39, 0.29) is 11.9 Å². The lowest BCUT2D eigenvalue weighted by Crippen LogP contribution is -2.41. The summed E-state index contributed by atoms with van der Waals surface area (Å²) in [7, 11) is 0. The number of hydrogen-bond donors (Lipinski definition) is 0. The molecule has 0 spiro atoms. The van der Waals surface area contributed by atoms with E-state index in [0.717, 1.165) is 49.0 Å². The number of Topliss-reactive ketones (excluding diaryl/α,β-unsaturated/α-hetero) is 1. The van der Waals surface area contributed by atoms with Crippen molar-refractivity contribution in [3.8, 4) is 5.75 Å². The highest BCUT2D eigenvalue weighted by Gasteiger charge is 2.42. The molecule has 0 N–H and O–H groups in total. The number of hydrogen-bond acceptors (Lipinski definition) is 4. The van der Waals surface area contributed by atoms with Crippen LogP contribution in [0.2, 0.25) is 0 Å². The minimum absolute atomic E-state index is 0.144. The molecule has 0 radical (unpaired) electrons. The van der Waals surface area contributed by atoms with Crippen molar-refractivity contribution in [3.05, 3.63) is 64.7 Å². The smallest absolute Gasteiger partial charge is 0.293 e. The van der Waals surface area contributed by atoms with Crippen LogP contribution in [-0.4, -0.2) is 24.0 Å². The van der Waals surface area contributed by atoms with Gasteiger partial charge in [0.15, 0.2) is 5.78 Å². The van der Waals surface area contributed by atoms with Gasteiger partial charge in [-0.1, -0.05) is 24.3 Å². The normalized spacial score (nSPS) is 23.2. The van der Waals surface area contributed by atoms with Gasteiger partial charge in [-0.25, -0.2) is 0 Å². The highest BCUT2D eigenvalue weighted by Crippen LogP contribution is 2.36. The van der Waals surface area contributed by atoms with E-state index in [9.17, 15) is 9.59 Å². The molecule has 2 aromatic carbocycles. The maximum Gasteiger partial charge on any atom is 0.293 e. The van der Waals surface area contributed by atoms with Crippen LogP contribution in [0.15, 0.2) is 42.5 Å². The van der Waals surface area contributed by atoms with Gasteiger partial charge in [-0.3, -0.25) is 9.59 Å². The Bertz CT molecular complexity index is 871. The van der Waals surface area contributed by atoms with E-state index in [1.165, 1.54) is 17.5 Å². The minimum atomic E-state index is -0.497. The maximum atomic E-state index is 12.7. The SMILES string of the molecule is CC1(Oc2ccc(CC(=O)c3ccc4c(c3)CCC4)cc2)CCCC1OC=O. The molecular formula is C24H26O4. The Morgan fingerprint density at radius 2 is 1.89 bits per heavy atom. The largest absolute Gasteiger partial charge is 0.484 e. The fourth-order valence-electron chi connectivity index (χ4n) is 4.48. The van der Waals surface area contributed by atoms with E-state index >= 15 is 0 Å². The zero-order valence-electron chi connectivity index (χ0n) is 16.3. The number of ketones is 1. The molecule has 4 rings (SSSR count). The van der Waals surface area contributed by atoms with Crippen molar-refractivity contribution in [1.29, 1.82) is 0 Å². The van der Waals surface area contributed by atoms with Gasteiger partial charge in [0.25, 0.3) is 6.47 Å². The standard InChI is InChI=1S/C24H26O4/c1-24(13-3-6-23(24)27-16-25)28-21-11-7-17(8-12-21)14-22(26)20-10-9-18-4-2-5-19(18)15-20/h7-12,15-16,23H,2-6,13-14H2,1H3. The highest BCUT2D eigenvalue weighted by atomic mass is 16.6. The summed E-state index contributed by atoms with van der Waals surface area (Å²) in [5.41, 5.74) is 3.98. The number of aryl methyl sites for hydroxylation is 2. The second-order valence-electron chi connectivity index (χ2n) is 8.11. The minimum Gasteiger partial charge on any atom is -0.484 e. The first-order valence-corrected chi connectivity index (χ1v) is 10.1. The van der Waals surface area contributed by atoms with E-state index in [2.05, 4.69) is 12.1 Å². The summed E-state index contributed by atoms with van der Waals surface area (Å²) in [6, 6.07) is 13.8.